The molecule has 11 heteroatoms. The minimum atomic E-state index is -1.77. The van der Waals surface area contributed by atoms with Crippen LogP contribution in [0.5, 0.6) is 11.5 Å². The van der Waals surface area contributed by atoms with Crippen LogP contribution in [0.1, 0.15) is 33.9 Å². The average molecular weight is 594 g/mol. The van der Waals surface area contributed by atoms with Gasteiger partial charge in [-0.1, -0.05) is 36.4 Å². The van der Waals surface area contributed by atoms with Gasteiger partial charge in [-0.15, -0.1) is 0 Å². The van der Waals surface area contributed by atoms with E-state index in [-0.39, 0.29) is 24.1 Å². The molecule has 1 saturated heterocycles. The Labute approximate surface area is 253 Å². The summed E-state index contributed by atoms with van der Waals surface area (Å²) in [5, 5.41) is 2.48. The number of urea groups is 1. The van der Waals surface area contributed by atoms with Crippen molar-refractivity contribution in [3.63, 3.8) is 0 Å². The van der Waals surface area contributed by atoms with E-state index in [1.54, 1.807) is 31.5 Å². The third-order valence-corrected chi connectivity index (χ3v) is 9.17. The minimum Gasteiger partial charge on any atom is -0.493 e. The molecule has 4 aromatic rings. The molecule has 1 fully saturated rings. The predicted octanol–water partition coefficient (Wildman–Crippen LogP) is 2.99. The van der Waals surface area contributed by atoms with E-state index in [1.165, 1.54) is 11.5 Å². The largest absolute Gasteiger partial charge is 0.493 e. The van der Waals surface area contributed by atoms with E-state index >= 15 is 0 Å². The van der Waals surface area contributed by atoms with Crippen LogP contribution in [0.3, 0.4) is 0 Å². The van der Waals surface area contributed by atoms with Crippen LogP contribution in [-0.4, -0.2) is 59.4 Å². The van der Waals surface area contributed by atoms with Gasteiger partial charge in [0.05, 0.1) is 25.8 Å². The van der Waals surface area contributed by atoms with Gasteiger partial charge in [0, 0.05) is 25.7 Å². The maximum atomic E-state index is 14.7. The van der Waals surface area contributed by atoms with Crippen molar-refractivity contribution in [2.75, 3.05) is 32.2 Å². The first-order valence-electron chi connectivity index (χ1n) is 14.5. The van der Waals surface area contributed by atoms with Gasteiger partial charge in [0.15, 0.2) is 16.9 Å². The quantitative estimate of drug-likeness (QED) is 0.351. The van der Waals surface area contributed by atoms with Gasteiger partial charge >= 0.3 is 6.03 Å². The molecule has 11 nitrogen and oxygen atoms in total. The number of methoxy groups -OCH3 is 2. The average Bonchev–Trinajstić information content (AvgIpc) is 3.04. The molecule has 2 aromatic carbocycles. The highest BCUT2D eigenvalue weighted by molar-refractivity contribution is 6.20. The number of amides is 4. The van der Waals surface area contributed by atoms with Crippen molar-refractivity contribution in [3.05, 3.63) is 99.0 Å². The molecule has 224 valence electrons. The molecule has 0 radical (unpaired) electrons. The molecule has 44 heavy (non-hydrogen) atoms. The molecule has 0 aliphatic carbocycles. The summed E-state index contributed by atoms with van der Waals surface area (Å²) in [5.41, 5.74) is 2.18. The lowest BCUT2D eigenvalue weighted by molar-refractivity contribution is -0.154. The Balaban J connectivity index is 1.36. The number of pyridine rings is 1. The Kier molecular flexibility index (Phi) is 6.42. The molecular formula is C33H31N5O6. The van der Waals surface area contributed by atoms with Gasteiger partial charge < -0.3 is 14.4 Å². The van der Waals surface area contributed by atoms with E-state index in [0.29, 0.717) is 42.4 Å². The van der Waals surface area contributed by atoms with Gasteiger partial charge in [-0.2, -0.15) is 0 Å². The maximum absolute atomic E-state index is 14.7. The summed E-state index contributed by atoms with van der Waals surface area (Å²) in [7, 11) is 3.08. The fourth-order valence-electron chi connectivity index (χ4n) is 7.00. The van der Waals surface area contributed by atoms with Gasteiger partial charge in [-0.3, -0.25) is 29.0 Å². The summed E-state index contributed by atoms with van der Waals surface area (Å²) in [6, 6.07) is 15.2. The van der Waals surface area contributed by atoms with Crippen LogP contribution in [0.25, 0.3) is 5.65 Å². The van der Waals surface area contributed by atoms with E-state index in [0.717, 1.165) is 27.2 Å². The second-order valence-corrected chi connectivity index (χ2v) is 11.5. The lowest BCUT2D eigenvalue weighted by Crippen LogP contribution is -2.70. The highest BCUT2D eigenvalue weighted by Crippen LogP contribution is 2.52. The van der Waals surface area contributed by atoms with Crippen LogP contribution < -0.4 is 25.2 Å². The summed E-state index contributed by atoms with van der Waals surface area (Å²) in [4.78, 5) is 64.1. The Hall–Kier alpha value is -5.19. The molecule has 7 rings (SSSR count). The first kappa shape index (κ1) is 27.6. The van der Waals surface area contributed by atoms with Crippen LogP contribution >= 0.6 is 0 Å². The summed E-state index contributed by atoms with van der Waals surface area (Å²) in [6.07, 6.45) is 2.42. The van der Waals surface area contributed by atoms with Gasteiger partial charge in [0.2, 0.25) is 11.8 Å². The zero-order valence-corrected chi connectivity index (χ0v) is 24.6. The number of nitrogens with one attached hydrogen (secondary N) is 1. The van der Waals surface area contributed by atoms with Crippen LogP contribution in [-0.2, 0) is 28.9 Å². The highest BCUT2D eigenvalue weighted by Gasteiger charge is 2.64. The number of aryl methyl sites for hydroxylation is 1. The normalized spacial score (nSPS) is 20.7. The van der Waals surface area contributed by atoms with Crippen molar-refractivity contribution in [3.8, 4) is 11.5 Å². The number of hydrogen-bond acceptors (Lipinski definition) is 8. The SMILES string of the molecule is COc1ccc(CCN2C(=O)NC(=O)[C@]3(Cc4c(nc5c(C)cccn5c4=O)N4CCc5ccccc5[C@@H]43)C2=O)cc1OC. The minimum absolute atomic E-state index is 0.0184. The predicted molar refractivity (Wildman–Crippen MR) is 161 cm³/mol. The Morgan fingerprint density at radius 1 is 1.00 bits per heavy atom. The van der Waals surface area contributed by atoms with Crippen molar-refractivity contribution in [1.82, 2.24) is 19.6 Å². The van der Waals surface area contributed by atoms with Crippen LogP contribution in [0.15, 0.2) is 65.6 Å². The van der Waals surface area contributed by atoms with Crippen molar-refractivity contribution in [2.45, 2.75) is 32.2 Å². The second kappa shape index (κ2) is 10.2. The molecular weight excluding hydrogens is 562 g/mol. The van der Waals surface area contributed by atoms with E-state index in [4.69, 9.17) is 14.5 Å². The topological polar surface area (TPSA) is 123 Å². The summed E-state index contributed by atoms with van der Waals surface area (Å²) in [5.74, 6) is 0.231. The third-order valence-electron chi connectivity index (χ3n) is 9.17. The Morgan fingerprint density at radius 3 is 2.59 bits per heavy atom. The summed E-state index contributed by atoms with van der Waals surface area (Å²) < 4.78 is 12.2. The lowest BCUT2D eigenvalue weighted by atomic mass is 9.65. The van der Waals surface area contributed by atoms with Crippen LogP contribution in [0.2, 0.25) is 0 Å². The van der Waals surface area contributed by atoms with E-state index in [1.807, 2.05) is 48.2 Å². The molecule has 1 spiro atoms. The molecule has 1 N–H and O–H groups in total. The Bertz CT molecular complexity index is 1940. The first-order chi connectivity index (χ1) is 21.3. The summed E-state index contributed by atoms with van der Waals surface area (Å²) >= 11 is 0. The third kappa shape index (κ3) is 3.91. The number of aromatic nitrogens is 2. The molecule has 0 saturated carbocycles. The van der Waals surface area contributed by atoms with E-state index in [9.17, 15) is 19.2 Å². The molecule has 4 amide bonds. The second-order valence-electron chi connectivity index (χ2n) is 11.5. The number of rotatable bonds is 5. The van der Waals surface area contributed by atoms with Crippen molar-refractivity contribution < 1.29 is 23.9 Å². The van der Waals surface area contributed by atoms with Gasteiger partial charge in [-0.25, -0.2) is 9.78 Å². The molecule has 2 atom stereocenters. The number of ether oxygens (including phenoxy) is 2. The first-order valence-corrected chi connectivity index (χ1v) is 14.5. The molecule has 0 bridgehead atoms. The van der Waals surface area contributed by atoms with Crippen molar-refractivity contribution in [1.29, 1.82) is 0 Å². The van der Waals surface area contributed by atoms with Crippen molar-refractivity contribution >= 4 is 29.3 Å². The number of barbiturate groups is 1. The summed E-state index contributed by atoms with van der Waals surface area (Å²) in [6.45, 7) is 2.36. The number of anilines is 1. The zero-order valence-electron chi connectivity index (χ0n) is 24.6. The molecule has 3 aliphatic rings. The fraction of sp³-hybridized carbons (Fsp3) is 0.303. The molecule has 2 aromatic heterocycles. The number of fused-ring (bicyclic) bond motifs is 7. The zero-order chi connectivity index (χ0) is 30.7. The lowest BCUT2D eigenvalue weighted by Gasteiger charge is -2.53. The fourth-order valence-corrected chi connectivity index (χ4v) is 7.00. The monoisotopic (exact) mass is 593 g/mol. The number of carbonyl (C=O) groups excluding carboxylic acids is 3. The number of nitrogens with zero attached hydrogens (tertiary/aromatic N) is 4. The van der Waals surface area contributed by atoms with Crippen LogP contribution in [0.4, 0.5) is 10.6 Å². The smallest absolute Gasteiger partial charge is 0.330 e. The maximum Gasteiger partial charge on any atom is 0.330 e. The number of benzene rings is 2. The Morgan fingerprint density at radius 2 is 1.80 bits per heavy atom. The van der Waals surface area contributed by atoms with Crippen molar-refractivity contribution in [2.24, 2.45) is 5.41 Å². The van der Waals surface area contributed by atoms with E-state index in [2.05, 4.69) is 5.32 Å². The van der Waals surface area contributed by atoms with Gasteiger partial charge in [0.1, 0.15) is 11.5 Å². The van der Waals surface area contributed by atoms with Gasteiger partial charge in [-0.05, 0) is 60.2 Å². The number of imide groups is 2. The highest BCUT2D eigenvalue weighted by atomic mass is 16.5. The number of carbonyl (C=O) groups is 3. The molecule has 3 aliphatic heterocycles. The van der Waals surface area contributed by atoms with E-state index < -0.39 is 29.3 Å². The van der Waals surface area contributed by atoms with Gasteiger partial charge in [0.25, 0.3) is 5.56 Å². The molecule has 5 heterocycles. The standard InChI is InChI=1S/C33H31N5O6/c1-19-7-6-14-37-27(19)34-28-23(29(37)39)18-33(26-22-9-5-4-8-21(22)13-16-36(26)28)30(40)35-32(42)38(31(33)41)15-12-20-10-11-24(43-2)25(17-20)44-3/h4-11,14,17,26H,12-13,15-16,18H2,1-3H3,(H,35,40,42)/t26-,33-/m1/s1. The van der Waals surface area contributed by atoms with Crippen LogP contribution in [0, 0.1) is 12.3 Å². The number of hydrogen-bond donors (Lipinski definition) is 1. The molecule has 0 unspecified atom stereocenters.